The third kappa shape index (κ3) is 6.32. The summed E-state index contributed by atoms with van der Waals surface area (Å²) in [7, 11) is 0. The van der Waals surface area contributed by atoms with Gasteiger partial charge in [0.25, 0.3) is 0 Å². The Balaban J connectivity index is 1.65. The smallest absolute Gasteiger partial charge is 0.220 e. The van der Waals surface area contributed by atoms with Gasteiger partial charge in [-0.25, -0.2) is 0 Å². The Labute approximate surface area is 139 Å². The first-order valence-corrected chi connectivity index (χ1v) is 8.54. The van der Waals surface area contributed by atoms with E-state index in [0.717, 1.165) is 26.1 Å². The van der Waals surface area contributed by atoms with Crippen LogP contribution in [0.1, 0.15) is 51.2 Å². The van der Waals surface area contributed by atoms with Crippen LogP contribution >= 0.6 is 0 Å². The van der Waals surface area contributed by atoms with E-state index in [4.69, 9.17) is 9.47 Å². The molecule has 0 unspecified atom stereocenters. The quantitative estimate of drug-likeness (QED) is 0.876. The minimum Gasteiger partial charge on any atom is -0.356 e. The minimum absolute atomic E-state index is 0.0840. The number of nitrogens with one attached hydrogen (secondary N) is 1. The maximum absolute atomic E-state index is 11.9. The Bertz CT molecular complexity index is 484. The van der Waals surface area contributed by atoms with Gasteiger partial charge in [-0.3, -0.25) is 4.79 Å². The third-order valence-corrected chi connectivity index (χ3v) is 4.06. The molecule has 23 heavy (non-hydrogen) atoms. The number of aryl methyl sites for hydroxylation is 1. The average Bonchev–Trinajstić information content (AvgIpc) is 2.53. The molecule has 1 saturated heterocycles. The molecular weight excluding hydrogens is 290 g/mol. The van der Waals surface area contributed by atoms with Crippen molar-refractivity contribution >= 4 is 5.91 Å². The van der Waals surface area contributed by atoms with Crippen LogP contribution in [-0.2, 0) is 26.1 Å². The maximum Gasteiger partial charge on any atom is 0.220 e. The fourth-order valence-corrected chi connectivity index (χ4v) is 2.55. The lowest BCUT2D eigenvalue weighted by Gasteiger charge is -2.23. The van der Waals surface area contributed by atoms with Crippen LogP contribution in [0, 0.1) is 0 Å². The summed E-state index contributed by atoms with van der Waals surface area (Å²) in [6.45, 7) is 8.72. The Hall–Kier alpha value is -1.39. The number of amides is 1. The van der Waals surface area contributed by atoms with Gasteiger partial charge in [0.1, 0.15) is 0 Å². The van der Waals surface area contributed by atoms with Crippen LogP contribution in [0.5, 0.6) is 0 Å². The topological polar surface area (TPSA) is 47.6 Å². The van der Waals surface area contributed by atoms with Gasteiger partial charge >= 0.3 is 0 Å². The molecule has 0 saturated carbocycles. The zero-order valence-corrected chi connectivity index (χ0v) is 14.6. The van der Waals surface area contributed by atoms with E-state index in [9.17, 15) is 4.79 Å². The number of hydrogen-bond acceptors (Lipinski definition) is 3. The van der Waals surface area contributed by atoms with E-state index < -0.39 is 0 Å². The van der Waals surface area contributed by atoms with E-state index >= 15 is 0 Å². The Morgan fingerprint density at radius 2 is 1.83 bits per heavy atom. The van der Waals surface area contributed by atoms with E-state index in [2.05, 4.69) is 50.4 Å². The van der Waals surface area contributed by atoms with Crippen molar-refractivity contribution in [1.29, 1.82) is 0 Å². The second kappa shape index (κ2) is 8.46. The normalized spacial score (nSPS) is 16.3. The molecule has 0 spiro atoms. The molecule has 1 aliphatic rings. The van der Waals surface area contributed by atoms with Crippen molar-refractivity contribution in [3.8, 4) is 0 Å². The van der Waals surface area contributed by atoms with Crippen LogP contribution in [0.4, 0.5) is 0 Å². The van der Waals surface area contributed by atoms with Crippen molar-refractivity contribution in [2.75, 3.05) is 19.8 Å². The monoisotopic (exact) mass is 319 g/mol. The van der Waals surface area contributed by atoms with Crippen LogP contribution in [0.15, 0.2) is 24.3 Å². The molecule has 4 heteroatoms. The molecule has 1 heterocycles. The standard InChI is InChI=1S/C19H29NO3/c1-19(2,3)16-8-5-15(6-9-16)7-10-17(21)20-12-11-18-22-13-4-14-23-18/h5-6,8-9,18H,4,7,10-14H2,1-3H3,(H,20,21). The van der Waals surface area contributed by atoms with Gasteiger partial charge in [-0.2, -0.15) is 0 Å². The SMILES string of the molecule is CC(C)(C)c1ccc(CCC(=O)NCCC2OCCCO2)cc1. The van der Waals surface area contributed by atoms with Gasteiger partial charge in [0.05, 0.1) is 13.2 Å². The van der Waals surface area contributed by atoms with Crippen LogP contribution < -0.4 is 5.32 Å². The lowest BCUT2D eigenvalue weighted by atomic mass is 9.86. The molecule has 1 N–H and O–H groups in total. The minimum atomic E-state index is -0.158. The first-order chi connectivity index (χ1) is 10.9. The lowest BCUT2D eigenvalue weighted by molar-refractivity contribution is -0.180. The molecule has 0 atom stereocenters. The zero-order chi connectivity index (χ0) is 16.7. The number of hydrogen-bond donors (Lipinski definition) is 1. The summed E-state index contributed by atoms with van der Waals surface area (Å²) in [6.07, 6.45) is 2.80. The van der Waals surface area contributed by atoms with Crippen molar-refractivity contribution in [3.63, 3.8) is 0 Å². The highest BCUT2D eigenvalue weighted by atomic mass is 16.7. The average molecular weight is 319 g/mol. The Morgan fingerprint density at radius 3 is 2.43 bits per heavy atom. The first kappa shape index (κ1) is 18.0. The molecule has 0 bridgehead atoms. The molecule has 0 aliphatic carbocycles. The van der Waals surface area contributed by atoms with Crippen molar-refractivity contribution in [1.82, 2.24) is 5.32 Å². The van der Waals surface area contributed by atoms with Crippen LogP contribution in [0.3, 0.4) is 0 Å². The summed E-state index contributed by atoms with van der Waals surface area (Å²) in [5.41, 5.74) is 2.68. The highest BCUT2D eigenvalue weighted by Crippen LogP contribution is 2.22. The molecule has 1 aromatic carbocycles. The number of ether oxygens (including phenoxy) is 2. The van der Waals surface area contributed by atoms with Gasteiger partial charge in [0, 0.05) is 19.4 Å². The van der Waals surface area contributed by atoms with E-state index in [0.29, 0.717) is 19.4 Å². The van der Waals surface area contributed by atoms with Crippen molar-refractivity contribution in [2.45, 2.75) is 58.2 Å². The van der Waals surface area contributed by atoms with Crippen LogP contribution in [-0.4, -0.2) is 32.0 Å². The highest BCUT2D eigenvalue weighted by molar-refractivity contribution is 5.76. The summed E-state index contributed by atoms with van der Waals surface area (Å²) < 4.78 is 10.9. The van der Waals surface area contributed by atoms with Gasteiger partial charge in [-0.1, -0.05) is 45.0 Å². The fourth-order valence-electron chi connectivity index (χ4n) is 2.55. The zero-order valence-electron chi connectivity index (χ0n) is 14.6. The number of rotatable bonds is 6. The Kier molecular flexibility index (Phi) is 6.60. The molecule has 128 valence electrons. The lowest BCUT2D eigenvalue weighted by Crippen LogP contribution is -2.31. The van der Waals surface area contributed by atoms with E-state index in [1.165, 1.54) is 11.1 Å². The predicted molar refractivity (Wildman–Crippen MR) is 91.4 cm³/mol. The molecular formula is C19H29NO3. The van der Waals surface area contributed by atoms with Gasteiger partial charge in [-0.15, -0.1) is 0 Å². The van der Waals surface area contributed by atoms with Crippen LogP contribution in [0.25, 0.3) is 0 Å². The maximum atomic E-state index is 11.9. The molecule has 1 aromatic rings. The summed E-state index contributed by atoms with van der Waals surface area (Å²) in [4.78, 5) is 11.9. The summed E-state index contributed by atoms with van der Waals surface area (Å²) in [5, 5.41) is 2.94. The molecule has 0 radical (unpaired) electrons. The van der Waals surface area contributed by atoms with Crippen molar-refractivity contribution in [2.24, 2.45) is 0 Å². The van der Waals surface area contributed by atoms with Gasteiger partial charge in [0.15, 0.2) is 6.29 Å². The molecule has 1 amide bonds. The summed E-state index contributed by atoms with van der Waals surface area (Å²) in [5.74, 6) is 0.0840. The molecule has 4 nitrogen and oxygen atoms in total. The fraction of sp³-hybridized carbons (Fsp3) is 0.632. The largest absolute Gasteiger partial charge is 0.356 e. The second-order valence-corrected chi connectivity index (χ2v) is 7.11. The number of carbonyl (C=O) groups is 1. The van der Waals surface area contributed by atoms with E-state index in [1.54, 1.807) is 0 Å². The molecule has 2 rings (SSSR count). The highest BCUT2D eigenvalue weighted by Gasteiger charge is 2.14. The van der Waals surface area contributed by atoms with Gasteiger partial charge in [-0.05, 0) is 29.4 Å². The van der Waals surface area contributed by atoms with Gasteiger partial charge < -0.3 is 14.8 Å². The third-order valence-electron chi connectivity index (χ3n) is 4.06. The van der Waals surface area contributed by atoms with Crippen LogP contribution in [0.2, 0.25) is 0 Å². The molecule has 0 aromatic heterocycles. The number of benzene rings is 1. The predicted octanol–water partition coefficient (Wildman–Crippen LogP) is 3.19. The van der Waals surface area contributed by atoms with Gasteiger partial charge in [0.2, 0.25) is 5.91 Å². The van der Waals surface area contributed by atoms with E-state index in [1.807, 2.05) is 0 Å². The van der Waals surface area contributed by atoms with Crippen molar-refractivity contribution in [3.05, 3.63) is 35.4 Å². The van der Waals surface area contributed by atoms with E-state index in [-0.39, 0.29) is 17.6 Å². The molecule has 1 aliphatic heterocycles. The Morgan fingerprint density at radius 1 is 1.17 bits per heavy atom. The summed E-state index contributed by atoms with van der Waals surface area (Å²) >= 11 is 0. The second-order valence-electron chi connectivity index (χ2n) is 7.11. The summed E-state index contributed by atoms with van der Waals surface area (Å²) in [6, 6.07) is 8.56. The first-order valence-electron chi connectivity index (χ1n) is 8.54. The van der Waals surface area contributed by atoms with Crippen molar-refractivity contribution < 1.29 is 14.3 Å². The number of carbonyl (C=O) groups excluding carboxylic acids is 1. The molecule has 1 fully saturated rings.